The summed E-state index contributed by atoms with van der Waals surface area (Å²) in [6.07, 6.45) is 6.29. The molecule has 2 heterocycles. The van der Waals surface area contributed by atoms with Crippen molar-refractivity contribution >= 4 is 15.7 Å². The van der Waals surface area contributed by atoms with Gasteiger partial charge in [0.25, 0.3) is 5.91 Å². The molecule has 0 atom stereocenters. The van der Waals surface area contributed by atoms with Gasteiger partial charge in [-0.3, -0.25) is 4.79 Å². The van der Waals surface area contributed by atoms with Gasteiger partial charge in [0.2, 0.25) is 0 Å². The lowest BCUT2D eigenvalue weighted by Gasteiger charge is -2.11. The second-order valence-corrected chi connectivity index (χ2v) is 8.33. The Morgan fingerprint density at radius 3 is 2.56 bits per heavy atom. The van der Waals surface area contributed by atoms with Gasteiger partial charge in [-0.15, -0.1) is 0 Å². The van der Waals surface area contributed by atoms with Crippen molar-refractivity contribution in [3.63, 3.8) is 0 Å². The SMILES string of the molecule is CS(=O)(=O)CCCNC(=O)c1cnn(-c2ccccc2F)c1-n1cccc1. The van der Waals surface area contributed by atoms with Crippen LogP contribution in [-0.2, 0) is 9.84 Å². The fourth-order valence-electron chi connectivity index (χ4n) is 2.66. The fourth-order valence-corrected chi connectivity index (χ4v) is 3.33. The molecular weight excluding hydrogens is 371 g/mol. The average Bonchev–Trinajstić information content (AvgIpc) is 3.27. The van der Waals surface area contributed by atoms with Gasteiger partial charge in [-0.1, -0.05) is 12.1 Å². The largest absolute Gasteiger partial charge is 0.352 e. The highest BCUT2D eigenvalue weighted by atomic mass is 32.2. The second-order valence-electron chi connectivity index (χ2n) is 6.07. The van der Waals surface area contributed by atoms with Crippen LogP contribution >= 0.6 is 0 Å². The maximum atomic E-state index is 14.2. The number of amides is 1. The molecule has 0 saturated heterocycles. The van der Waals surface area contributed by atoms with Gasteiger partial charge in [-0.25, -0.2) is 17.5 Å². The number of hydrogen-bond acceptors (Lipinski definition) is 4. The van der Waals surface area contributed by atoms with E-state index in [4.69, 9.17) is 0 Å². The third kappa shape index (κ3) is 4.43. The molecule has 3 aromatic rings. The second kappa shape index (κ2) is 7.75. The van der Waals surface area contributed by atoms with E-state index in [2.05, 4.69) is 10.4 Å². The van der Waals surface area contributed by atoms with E-state index in [9.17, 15) is 17.6 Å². The number of nitrogens with zero attached hydrogens (tertiary/aromatic N) is 3. The van der Waals surface area contributed by atoms with Gasteiger partial charge in [0.1, 0.15) is 26.9 Å². The Morgan fingerprint density at radius 2 is 1.89 bits per heavy atom. The molecule has 0 fully saturated rings. The molecule has 0 aliphatic heterocycles. The molecule has 27 heavy (non-hydrogen) atoms. The summed E-state index contributed by atoms with van der Waals surface area (Å²) in [5.74, 6) is -0.485. The molecule has 1 amide bonds. The van der Waals surface area contributed by atoms with Crippen LogP contribution in [0.2, 0.25) is 0 Å². The number of nitrogens with one attached hydrogen (secondary N) is 1. The van der Waals surface area contributed by atoms with E-state index in [1.807, 2.05) is 0 Å². The molecule has 0 bridgehead atoms. The average molecular weight is 390 g/mol. The lowest BCUT2D eigenvalue weighted by atomic mass is 10.2. The number of halogens is 1. The lowest BCUT2D eigenvalue weighted by Crippen LogP contribution is -2.26. The quantitative estimate of drug-likeness (QED) is 0.625. The zero-order chi connectivity index (χ0) is 19.4. The molecule has 0 aliphatic rings. The molecule has 3 rings (SSSR count). The summed E-state index contributed by atoms with van der Waals surface area (Å²) in [6, 6.07) is 9.72. The van der Waals surface area contributed by atoms with E-state index in [0.717, 1.165) is 6.26 Å². The van der Waals surface area contributed by atoms with Crippen LogP contribution in [0.1, 0.15) is 16.8 Å². The topological polar surface area (TPSA) is 86.0 Å². The Morgan fingerprint density at radius 1 is 1.19 bits per heavy atom. The van der Waals surface area contributed by atoms with Crippen LogP contribution < -0.4 is 5.32 Å². The van der Waals surface area contributed by atoms with Crippen molar-refractivity contribution in [2.45, 2.75) is 6.42 Å². The molecule has 0 unspecified atom stereocenters. The molecule has 1 aromatic carbocycles. The first-order chi connectivity index (χ1) is 12.9. The van der Waals surface area contributed by atoms with Crippen molar-refractivity contribution in [2.24, 2.45) is 0 Å². The van der Waals surface area contributed by atoms with Crippen LogP contribution in [0, 0.1) is 5.82 Å². The molecule has 0 saturated carbocycles. The summed E-state index contributed by atoms with van der Waals surface area (Å²) in [7, 11) is -3.08. The predicted octanol–water partition coefficient (Wildman–Crippen LogP) is 1.97. The summed E-state index contributed by atoms with van der Waals surface area (Å²) in [5.41, 5.74) is 0.478. The van der Waals surface area contributed by atoms with Crippen LogP contribution in [0.4, 0.5) is 4.39 Å². The number of sulfone groups is 1. The minimum atomic E-state index is -3.08. The van der Waals surface area contributed by atoms with Crippen molar-refractivity contribution in [3.05, 3.63) is 66.4 Å². The van der Waals surface area contributed by atoms with Gasteiger partial charge < -0.3 is 9.88 Å². The Bertz CT molecular complexity index is 1040. The number of carbonyl (C=O) groups excluding carboxylic acids is 1. The van der Waals surface area contributed by atoms with Gasteiger partial charge in [0.05, 0.1) is 11.9 Å². The van der Waals surface area contributed by atoms with Gasteiger partial charge >= 0.3 is 0 Å². The molecule has 142 valence electrons. The number of carbonyl (C=O) groups is 1. The van der Waals surface area contributed by atoms with Crippen LogP contribution in [0.3, 0.4) is 0 Å². The molecule has 0 spiro atoms. The highest BCUT2D eigenvalue weighted by Crippen LogP contribution is 2.21. The molecule has 2 aromatic heterocycles. The smallest absolute Gasteiger partial charge is 0.256 e. The van der Waals surface area contributed by atoms with Crippen LogP contribution in [0.15, 0.2) is 55.0 Å². The zero-order valence-electron chi connectivity index (χ0n) is 14.7. The number of para-hydroxylation sites is 1. The van der Waals surface area contributed by atoms with Crippen molar-refractivity contribution in [2.75, 3.05) is 18.6 Å². The molecule has 1 N–H and O–H groups in total. The Labute approximate surface area is 156 Å². The van der Waals surface area contributed by atoms with Crippen molar-refractivity contribution in [1.82, 2.24) is 19.7 Å². The zero-order valence-corrected chi connectivity index (χ0v) is 15.5. The number of benzene rings is 1. The maximum absolute atomic E-state index is 14.2. The fraction of sp³-hybridized carbons (Fsp3) is 0.222. The summed E-state index contributed by atoms with van der Waals surface area (Å²) in [5, 5.41) is 6.88. The molecular formula is C18H19FN4O3S. The van der Waals surface area contributed by atoms with Gasteiger partial charge in [-0.05, 0) is 30.7 Å². The van der Waals surface area contributed by atoms with E-state index >= 15 is 0 Å². The first-order valence-corrected chi connectivity index (χ1v) is 10.3. The molecule has 0 radical (unpaired) electrons. The number of hydrogen-bond donors (Lipinski definition) is 1. The van der Waals surface area contributed by atoms with Crippen LogP contribution in [0.5, 0.6) is 0 Å². The molecule has 0 aliphatic carbocycles. The van der Waals surface area contributed by atoms with Crippen LogP contribution in [-0.4, -0.2) is 47.2 Å². The Hall–Kier alpha value is -2.94. The third-order valence-corrected chi connectivity index (χ3v) is 4.93. The lowest BCUT2D eigenvalue weighted by molar-refractivity contribution is 0.0953. The number of aromatic nitrogens is 3. The molecule has 9 heteroatoms. The maximum Gasteiger partial charge on any atom is 0.256 e. The highest BCUT2D eigenvalue weighted by molar-refractivity contribution is 7.90. The predicted molar refractivity (Wildman–Crippen MR) is 99.5 cm³/mol. The van der Waals surface area contributed by atoms with Crippen molar-refractivity contribution in [1.29, 1.82) is 0 Å². The third-order valence-electron chi connectivity index (χ3n) is 3.90. The van der Waals surface area contributed by atoms with E-state index in [-0.39, 0.29) is 23.5 Å². The van der Waals surface area contributed by atoms with Gasteiger partial charge in [-0.2, -0.15) is 5.10 Å². The minimum Gasteiger partial charge on any atom is -0.352 e. The highest BCUT2D eigenvalue weighted by Gasteiger charge is 2.21. The minimum absolute atomic E-state index is 0.00771. The number of rotatable bonds is 7. The Kier molecular flexibility index (Phi) is 5.41. The van der Waals surface area contributed by atoms with Gasteiger partial charge in [0.15, 0.2) is 5.82 Å². The first kappa shape index (κ1) is 18.8. The summed E-state index contributed by atoms with van der Waals surface area (Å²) >= 11 is 0. The summed E-state index contributed by atoms with van der Waals surface area (Å²) in [6.45, 7) is 0.210. The van der Waals surface area contributed by atoms with E-state index in [1.165, 1.54) is 16.9 Å². The van der Waals surface area contributed by atoms with Crippen LogP contribution in [0.25, 0.3) is 11.5 Å². The molecule has 7 nitrogen and oxygen atoms in total. The first-order valence-electron chi connectivity index (χ1n) is 8.29. The standard InChI is InChI=1S/C18H19FN4O3S/c1-27(25,26)12-6-9-20-17(24)14-13-21-23(16-8-3-2-7-15(16)19)18(14)22-10-4-5-11-22/h2-5,7-8,10-11,13H,6,9,12H2,1H3,(H,20,24). The van der Waals surface area contributed by atoms with Crippen molar-refractivity contribution in [3.8, 4) is 11.5 Å². The van der Waals surface area contributed by atoms with E-state index < -0.39 is 21.6 Å². The van der Waals surface area contributed by atoms with Crippen molar-refractivity contribution < 1.29 is 17.6 Å². The van der Waals surface area contributed by atoms with E-state index in [1.54, 1.807) is 47.3 Å². The summed E-state index contributed by atoms with van der Waals surface area (Å²) in [4.78, 5) is 12.6. The van der Waals surface area contributed by atoms with E-state index in [0.29, 0.717) is 12.2 Å². The normalized spacial score (nSPS) is 11.5. The monoisotopic (exact) mass is 390 g/mol. The van der Waals surface area contributed by atoms with Gasteiger partial charge in [0, 0.05) is 25.2 Å². The Balaban J connectivity index is 1.90. The summed E-state index contributed by atoms with van der Waals surface area (Å²) < 4.78 is 39.6.